The van der Waals surface area contributed by atoms with Crippen molar-refractivity contribution in [1.82, 2.24) is 5.32 Å². The lowest BCUT2D eigenvalue weighted by atomic mass is 9.77. The molecule has 19 heavy (non-hydrogen) atoms. The van der Waals surface area contributed by atoms with Gasteiger partial charge in [0.2, 0.25) is 0 Å². The van der Waals surface area contributed by atoms with Crippen LogP contribution in [0.4, 0.5) is 0 Å². The fraction of sp³-hybridized carbons (Fsp3) is 0.250. The molecule has 0 aromatic heterocycles. The first-order valence-corrected chi connectivity index (χ1v) is 7.29. The Hall–Kier alpha value is -1.32. The molecule has 0 amide bonds. The third-order valence-electron chi connectivity index (χ3n) is 3.69. The van der Waals surface area contributed by atoms with Crippen LogP contribution >= 0.6 is 15.9 Å². The van der Waals surface area contributed by atoms with Gasteiger partial charge in [0.1, 0.15) is 5.75 Å². The highest BCUT2D eigenvalue weighted by atomic mass is 79.9. The molecule has 2 aromatic carbocycles. The maximum atomic E-state index is 9.45. The highest BCUT2D eigenvalue weighted by molar-refractivity contribution is 9.10. The lowest BCUT2D eigenvalue weighted by molar-refractivity contribution is 0.471. The minimum absolute atomic E-state index is 0.289. The summed E-state index contributed by atoms with van der Waals surface area (Å²) in [5, 5.41) is 12.9. The van der Waals surface area contributed by atoms with Crippen LogP contribution in [0.5, 0.6) is 5.75 Å². The summed E-state index contributed by atoms with van der Waals surface area (Å²) in [6.45, 7) is 1.84. The molecule has 1 unspecified atom stereocenters. The van der Waals surface area contributed by atoms with E-state index in [-0.39, 0.29) is 5.75 Å². The Morgan fingerprint density at radius 2 is 2.05 bits per heavy atom. The Morgan fingerprint density at radius 1 is 1.21 bits per heavy atom. The fourth-order valence-electron chi connectivity index (χ4n) is 2.60. The third kappa shape index (κ3) is 2.67. The van der Waals surface area contributed by atoms with Gasteiger partial charge in [-0.25, -0.2) is 0 Å². The van der Waals surface area contributed by atoms with Crippen LogP contribution < -0.4 is 5.32 Å². The summed E-state index contributed by atoms with van der Waals surface area (Å²) >= 11 is 3.34. The van der Waals surface area contributed by atoms with Gasteiger partial charge < -0.3 is 10.4 Å². The quantitative estimate of drug-likeness (QED) is 0.903. The standard InChI is InChI=1S/C16H16BrNO/c17-15-7-11(5-6-16(15)19)9-18-10-13-8-12-3-1-2-4-14(12)13/h1-7,13,18-19H,8-10H2. The molecule has 1 aliphatic rings. The van der Waals surface area contributed by atoms with Crippen LogP contribution in [0.25, 0.3) is 0 Å². The number of aromatic hydroxyl groups is 1. The Labute approximate surface area is 121 Å². The number of phenolic OH excluding ortho intramolecular Hbond substituents is 1. The largest absolute Gasteiger partial charge is 0.507 e. The second kappa shape index (κ2) is 5.35. The second-order valence-electron chi connectivity index (χ2n) is 5.02. The molecular weight excluding hydrogens is 302 g/mol. The van der Waals surface area contributed by atoms with Gasteiger partial charge in [-0.3, -0.25) is 0 Å². The van der Waals surface area contributed by atoms with E-state index >= 15 is 0 Å². The van der Waals surface area contributed by atoms with Crippen molar-refractivity contribution in [2.75, 3.05) is 6.54 Å². The maximum absolute atomic E-state index is 9.45. The van der Waals surface area contributed by atoms with Crippen molar-refractivity contribution < 1.29 is 5.11 Å². The Kier molecular flexibility index (Phi) is 3.58. The molecule has 3 heteroatoms. The topological polar surface area (TPSA) is 32.3 Å². The zero-order chi connectivity index (χ0) is 13.2. The first-order valence-electron chi connectivity index (χ1n) is 6.50. The second-order valence-corrected chi connectivity index (χ2v) is 5.87. The molecule has 2 aromatic rings. The van der Waals surface area contributed by atoms with Crippen LogP contribution in [-0.2, 0) is 13.0 Å². The number of nitrogens with one attached hydrogen (secondary N) is 1. The van der Waals surface area contributed by atoms with Crippen molar-refractivity contribution in [1.29, 1.82) is 0 Å². The van der Waals surface area contributed by atoms with Gasteiger partial charge >= 0.3 is 0 Å². The van der Waals surface area contributed by atoms with E-state index in [4.69, 9.17) is 0 Å². The van der Waals surface area contributed by atoms with Gasteiger partial charge in [-0.15, -0.1) is 0 Å². The first-order chi connectivity index (χ1) is 9.24. The molecule has 0 saturated carbocycles. The molecule has 3 rings (SSSR count). The summed E-state index contributed by atoms with van der Waals surface area (Å²) in [7, 11) is 0. The summed E-state index contributed by atoms with van der Waals surface area (Å²) < 4.78 is 0.751. The zero-order valence-electron chi connectivity index (χ0n) is 10.6. The van der Waals surface area contributed by atoms with E-state index in [9.17, 15) is 5.11 Å². The monoisotopic (exact) mass is 317 g/mol. The number of hydrogen-bond acceptors (Lipinski definition) is 2. The predicted molar refractivity (Wildman–Crippen MR) is 80.4 cm³/mol. The van der Waals surface area contributed by atoms with E-state index < -0.39 is 0 Å². The van der Waals surface area contributed by atoms with E-state index in [1.807, 2.05) is 12.1 Å². The molecule has 0 fully saturated rings. The van der Waals surface area contributed by atoms with Crippen molar-refractivity contribution in [3.05, 3.63) is 63.6 Å². The van der Waals surface area contributed by atoms with Crippen molar-refractivity contribution >= 4 is 15.9 Å². The molecule has 2 N–H and O–H groups in total. The van der Waals surface area contributed by atoms with E-state index in [0.717, 1.165) is 17.6 Å². The van der Waals surface area contributed by atoms with E-state index in [2.05, 4.69) is 45.5 Å². The average Bonchev–Trinajstić information content (AvgIpc) is 2.39. The van der Waals surface area contributed by atoms with Crippen molar-refractivity contribution in [3.63, 3.8) is 0 Å². The summed E-state index contributed by atoms with van der Waals surface area (Å²) in [6, 6.07) is 14.3. The van der Waals surface area contributed by atoms with Gasteiger partial charge in [-0.1, -0.05) is 30.3 Å². The van der Waals surface area contributed by atoms with Crippen LogP contribution in [0.2, 0.25) is 0 Å². The minimum atomic E-state index is 0.289. The maximum Gasteiger partial charge on any atom is 0.129 e. The molecule has 0 aliphatic heterocycles. The molecule has 0 heterocycles. The van der Waals surface area contributed by atoms with Crippen LogP contribution in [-0.4, -0.2) is 11.7 Å². The van der Waals surface area contributed by atoms with Crippen LogP contribution in [0.3, 0.4) is 0 Å². The molecule has 2 nitrogen and oxygen atoms in total. The number of rotatable bonds is 4. The predicted octanol–water partition coefficient (Wildman–Crippen LogP) is 3.58. The van der Waals surface area contributed by atoms with Crippen molar-refractivity contribution in [3.8, 4) is 5.75 Å². The van der Waals surface area contributed by atoms with Crippen LogP contribution in [0.1, 0.15) is 22.6 Å². The number of fused-ring (bicyclic) bond motifs is 1. The molecule has 98 valence electrons. The van der Waals surface area contributed by atoms with Crippen molar-refractivity contribution in [2.24, 2.45) is 0 Å². The highest BCUT2D eigenvalue weighted by Gasteiger charge is 2.24. The molecule has 1 aliphatic carbocycles. The number of hydrogen-bond donors (Lipinski definition) is 2. The summed E-state index contributed by atoms with van der Waals surface area (Å²) in [5.41, 5.74) is 4.15. The van der Waals surface area contributed by atoms with Crippen molar-refractivity contribution in [2.45, 2.75) is 18.9 Å². The average molecular weight is 318 g/mol. The Bertz CT molecular complexity index is 597. The summed E-state index contributed by atoms with van der Waals surface area (Å²) in [6.07, 6.45) is 1.18. The van der Waals surface area contributed by atoms with Crippen LogP contribution in [0.15, 0.2) is 46.9 Å². The van der Waals surface area contributed by atoms with E-state index in [1.54, 1.807) is 6.07 Å². The number of phenols is 1. The fourth-order valence-corrected chi connectivity index (χ4v) is 3.02. The molecule has 0 spiro atoms. The first kappa shape index (κ1) is 12.7. The normalized spacial score (nSPS) is 16.8. The third-order valence-corrected chi connectivity index (χ3v) is 4.33. The number of halogens is 1. The smallest absolute Gasteiger partial charge is 0.129 e. The molecular formula is C16H16BrNO. The van der Waals surface area contributed by atoms with Gasteiger partial charge in [0, 0.05) is 19.0 Å². The molecule has 1 atom stereocenters. The zero-order valence-corrected chi connectivity index (χ0v) is 12.2. The van der Waals surface area contributed by atoms with Gasteiger partial charge in [0.25, 0.3) is 0 Å². The van der Waals surface area contributed by atoms with Gasteiger partial charge in [0.15, 0.2) is 0 Å². The Balaban J connectivity index is 1.53. The lowest BCUT2D eigenvalue weighted by Crippen LogP contribution is -2.28. The molecule has 0 saturated heterocycles. The van der Waals surface area contributed by atoms with E-state index in [1.165, 1.54) is 23.1 Å². The minimum Gasteiger partial charge on any atom is -0.507 e. The van der Waals surface area contributed by atoms with Gasteiger partial charge in [-0.2, -0.15) is 0 Å². The van der Waals surface area contributed by atoms with Gasteiger partial charge in [0.05, 0.1) is 4.47 Å². The SMILES string of the molecule is Oc1ccc(CNCC2Cc3ccccc32)cc1Br. The summed E-state index contributed by atoms with van der Waals surface area (Å²) in [5.74, 6) is 0.938. The molecule has 0 bridgehead atoms. The number of benzene rings is 2. The summed E-state index contributed by atoms with van der Waals surface area (Å²) in [4.78, 5) is 0. The van der Waals surface area contributed by atoms with Crippen LogP contribution in [0, 0.1) is 0 Å². The lowest BCUT2D eigenvalue weighted by Gasteiger charge is -2.30. The highest BCUT2D eigenvalue weighted by Crippen LogP contribution is 2.34. The molecule has 0 radical (unpaired) electrons. The Morgan fingerprint density at radius 3 is 2.84 bits per heavy atom. The van der Waals surface area contributed by atoms with Gasteiger partial charge in [-0.05, 0) is 51.2 Å². The van der Waals surface area contributed by atoms with E-state index in [0.29, 0.717) is 5.92 Å².